The first-order chi connectivity index (χ1) is 8.28. The van der Waals surface area contributed by atoms with Crippen molar-refractivity contribution in [2.24, 2.45) is 0 Å². The second kappa shape index (κ2) is 3.97. The summed E-state index contributed by atoms with van der Waals surface area (Å²) in [6, 6.07) is 8.73. The van der Waals surface area contributed by atoms with Crippen LogP contribution in [0.3, 0.4) is 0 Å². The van der Waals surface area contributed by atoms with Crippen LogP contribution in [0.25, 0.3) is 11.3 Å². The van der Waals surface area contributed by atoms with Gasteiger partial charge in [-0.2, -0.15) is 5.26 Å². The maximum Gasteiger partial charge on any atom is 0.132 e. The lowest BCUT2D eigenvalue weighted by Gasteiger charge is -2.02. The summed E-state index contributed by atoms with van der Waals surface area (Å²) in [4.78, 5) is 5.20. The molecule has 3 heteroatoms. The molecule has 1 aliphatic rings. The summed E-state index contributed by atoms with van der Waals surface area (Å²) < 4.78 is 0. The van der Waals surface area contributed by atoms with Gasteiger partial charge in [-0.05, 0) is 43.4 Å². The number of hydrogen-bond acceptors (Lipinski definition) is 3. The first kappa shape index (κ1) is 10.5. The molecule has 0 saturated heterocycles. The summed E-state index contributed by atoms with van der Waals surface area (Å²) in [5, 5.41) is 10.1. The van der Waals surface area contributed by atoms with Crippen LogP contribution in [-0.2, 0) is 12.8 Å². The number of thiazole rings is 1. The third-order valence-electron chi connectivity index (χ3n) is 3.21. The standard InChI is InChI=1S/C14H12N2S/c1-9-16-14(13(8-15)17-9)12-6-5-10-3-2-4-11(10)7-12/h5-7H,2-4H2,1H3. The van der Waals surface area contributed by atoms with E-state index in [2.05, 4.69) is 29.3 Å². The lowest BCUT2D eigenvalue weighted by molar-refractivity contribution is 0.912. The molecule has 0 aliphatic heterocycles. The van der Waals surface area contributed by atoms with E-state index in [1.54, 1.807) is 0 Å². The van der Waals surface area contributed by atoms with Crippen LogP contribution in [0.5, 0.6) is 0 Å². The van der Waals surface area contributed by atoms with Gasteiger partial charge >= 0.3 is 0 Å². The van der Waals surface area contributed by atoms with Crippen LogP contribution in [0.1, 0.15) is 27.4 Å². The largest absolute Gasteiger partial charge is 0.240 e. The number of benzene rings is 1. The molecule has 1 aliphatic carbocycles. The molecule has 0 spiro atoms. The van der Waals surface area contributed by atoms with E-state index in [0.717, 1.165) is 27.6 Å². The summed E-state index contributed by atoms with van der Waals surface area (Å²) in [7, 11) is 0. The van der Waals surface area contributed by atoms with E-state index in [9.17, 15) is 0 Å². The predicted octanol–water partition coefficient (Wildman–Crippen LogP) is 3.48. The Kier molecular flexibility index (Phi) is 2.45. The number of aromatic nitrogens is 1. The summed E-state index contributed by atoms with van der Waals surface area (Å²) >= 11 is 1.47. The molecule has 2 aromatic rings. The Morgan fingerprint density at radius 3 is 2.94 bits per heavy atom. The first-order valence-electron chi connectivity index (χ1n) is 5.77. The van der Waals surface area contributed by atoms with E-state index in [1.165, 1.54) is 35.3 Å². The summed E-state index contributed by atoms with van der Waals surface area (Å²) in [5.41, 5.74) is 4.83. The van der Waals surface area contributed by atoms with Gasteiger partial charge < -0.3 is 0 Å². The highest BCUT2D eigenvalue weighted by Crippen LogP contribution is 2.31. The molecule has 0 bridgehead atoms. The minimum absolute atomic E-state index is 0.723. The van der Waals surface area contributed by atoms with Gasteiger partial charge in [0.15, 0.2) is 0 Å². The van der Waals surface area contributed by atoms with Crippen LogP contribution >= 0.6 is 11.3 Å². The van der Waals surface area contributed by atoms with Gasteiger partial charge in [0.05, 0.1) is 10.7 Å². The van der Waals surface area contributed by atoms with Crippen molar-refractivity contribution >= 4 is 11.3 Å². The fourth-order valence-corrected chi connectivity index (χ4v) is 3.16. The van der Waals surface area contributed by atoms with E-state index < -0.39 is 0 Å². The summed E-state index contributed by atoms with van der Waals surface area (Å²) in [6.07, 6.45) is 3.60. The molecule has 84 valence electrons. The van der Waals surface area contributed by atoms with Crippen molar-refractivity contribution in [3.63, 3.8) is 0 Å². The van der Waals surface area contributed by atoms with Gasteiger partial charge in [0.2, 0.25) is 0 Å². The van der Waals surface area contributed by atoms with Crippen LogP contribution in [0, 0.1) is 18.3 Å². The van der Waals surface area contributed by atoms with Gasteiger partial charge in [-0.25, -0.2) is 4.98 Å². The van der Waals surface area contributed by atoms with Crippen molar-refractivity contribution in [2.45, 2.75) is 26.2 Å². The van der Waals surface area contributed by atoms with Gasteiger partial charge in [-0.3, -0.25) is 0 Å². The fraction of sp³-hybridized carbons (Fsp3) is 0.286. The summed E-state index contributed by atoms with van der Waals surface area (Å²) in [5.74, 6) is 0. The van der Waals surface area contributed by atoms with Crippen LogP contribution in [-0.4, -0.2) is 4.98 Å². The topological polar surface area (TPSA) is 36.7 Å². The van der Waals surface area contributed by atoms with Gasteiger partial charge in [-0.1, -0.05) is 12.1 Å². The lowest BCUT2D eigenvalue weighted by atomic mass is 10.0. The number of nitriles is 1. The van der Waals surface area contributed by atoms with Gasteiger partial charge in [0, 0.05) is 5.56 Å². The van der Waals surface area contributed by atoms with Crippen LogP contribution in [0.4, 0.5) is 0 Å². The molecule has 1 heterocycles. The number of fused-ring (bicyclic) bond motifs is 1. The number of rotatable bonds is 1. The average molecular weight is 240 g/mol. The predicted molar refractivity (Wildman–Crippen MR) is 69.0 cm³/mol. The van der Waals surface area contributed by atoms with Crippen LogP contribution in [0.2, 0.25) is 0 Å². The Labute approximate surface area is 105 Å². The Balaban J connectivity index is 2.13. The maximum atomic E-state index is 9.11. The molecular weight excluding hydrogens is 228 g/mol. The average Bonchev–Trinajstić information content (AvgIpc) is 2.93. The number of aryl methyl sites for hydroxylation is 3. The molecule has 0 N–H and O–H groups in total. The van der Waals surface area contributed by atoms with Crippen LogP contribution < -0.4 is 0 Å². The van der Waals surface area contributed by atoms with Gasteiger partial charge in [0.1, 0.15) is 10.9 Å². The monoisotopic (exact) mass is 240 g/mol. The SMILES string of the molecule is Cc1nc(-c2ccc3c(c2)CCC3)c(C#N)s1. The second-order valence-corrected chi connectivity index (χ2v) is 5.56. The van der Waals surface area contributed by atoms with E-state index >= 15 is 0 Å². The Morgan fingerprint density at radius 2 is 2.12 bits per heavy atom. The highest BCUT2D eigenvalue weighted by atomic mass is 32.1. The molecule has 1 aromatic carbocycles. The second-order valence-electron chi connectivity index (χ2n) is 4.36. The Morgan fingerprint density at radius 1 is 1.29 bits per heavy atom. The molecular formula is C14H12N2S. The molecule has 0 radical (unpaired) electrons. The molecule has 0 amide bonds. The van der Waals surface area contributed by atoms with Gasteiger partial charge in [-0.15, -0.1) is 11.3 Å². The molecule has 17 heavy (non-hydrogen) atoms. The van der Waals surface area contributed by atoms with E-state index in [1.807, 2.05) is 6.92 Å². The normalized spacial score (nSPS) is 13.4. The summed E-state index contributed by atoms with van der Waals surface area (Å²) in [6.45, 7) is 1.95. The molecule has 0 saturated carbocycles. The van der Waals surface area contributed by atoms with Crippen molar-refractivity contribution in [3.8, 4) is 17.3 Å². The maximum absolute atomic E-state index is 9.11. The smallest absolute Gasteiger partial charge is 0.132 e. The van der Waals surface area contributed by atoms with E-state index in [0.29, 0.717) is 0 Å². The molecule has 0 unspecified atom stereocenters. The minimum Gasteiger partial charge on any atom is -0.240 e. The van der Waals surface area contributed by atoms with Crippen molar-refractivity contribution in [1.29, 1.82) is 5.26 Å². The van der Waals surface area contributed by atoms with Crippen molar-refractivity contribution in [1.82, 2.24) is 4.98 Å². The highest BCUT2D eigenvalue weighted by Gasteiger charge is 2.15. The third-order valence-corrected chi connectivity index (χ3v) is 4.08. The molecule has 2 nitrogen and oxygen atoms in total. The van der Waals surface area contributed by atoms with E-state index in [-0.39, 0.29) is 0 Å². The molecule has 3 rings (SSSR count). The minimum atomic E-state index is 0.723. The number of nitrogens with zero attached hydrogens (tertiary/aromatic N) is 2. The van der Waals surface area contributed by atoms with Crippen molar-refractivity contribution < 1.29 is 0 Å². The van der Waals surface area contributed by atoms with Crippen LogP contribution in [0.15, 0.2) is 18.2 Å². The zero-order chi connectivity index (χ0) is 11.8. The van der Waals surface area contributed by atoms with Crippen molar-refractivity contribution in [3.05, 3.63) is 39.2 Å². The fourth-order valence-electron chi connectivity index (χ4n) is 2.42. The Bertz CT molecular complexity index is 620. The molecule has 1 aromatic heterocycles. The molecule has 0 fully saturated rings. The lowest BCUT2D eigenvalue weighted by Crippen LogP contribution is -1.86. The highest BCUT2D eigenvalue weighted by molar-refractivity contribution is 7.12. The quantitative estimate of drug-likeness (QED) is 0.765. The Hall–Kier alpha value is -1.66. The zero-order valence-corrected chi connectivity index (χ0v) is 10.5. The first-order valence-corrected chi connectivity index (χ1v) is 6.59. The van der Waals surface area contributed by atoms with Gasteiger partial charge in [0.25, 0.3) is 0 Å². The zero-order valence-electron chi connectivity index (χ0n) is 9.66. The van der Waals surface area contributed by atoms with E-state index in [4.69, 9.17) is 5.26 Å². The number of hydrogen-bond donors (Lipinski definition) is 0. The van der Waals surface area contributed by atoms with Crippen molar-refractivity contribution in [2.75, 3.05) is 0 Å². The molecule has 0 atom stereocenters. The third kappa shape index (κ3) is 1.75.